The Morgan fingerprint density at radius 1 is 1.22 bits per heavy atom. The van der Waals surface area contributed by atoms with Crippen LogP contribution in [0.3, 0.4) is 0 Å². The van der Waals surface area contributed by atoms with Crippen LogP contribution in [-0.2, 0) is 6.54 Å². The van der Waals surface area contributed by atoms with Crippen LogP contribution in [0, 0.1) is 15.9 Å². The second-order valence-electron chi connectivity index (χ2n) is 4.83. The van der Waals surface area contributed by atoms with Crippen LogP contribution in [0.1, 0.15) is 22.8 Å². The Balaban J connectivity index is 2.08. The Morgan fingerprint density at radius 2 is 1.91 bits per heavy atom. The number of carbonyl (C=O) groups excluding carboxylic acids is 1. The molecule has 120 valence electrons. The van der Waals surface area contributed by atoms with Gasteiger partial charge in [0, 0.05) is 30.8 Å². The lowest BCUT2D eigenvalue weighted by Crippen LogP contribution is -2.22. The molecule has 0 spiro atoms. The Labute approximate surface area is 132 Å². The van der Waals surface area contributed by atoms with Gasteiger partial charge < -0.3 is 10.6 Å². The van der Waals surface area contributed by atoms with Crippen molar-refractivity contribution in [3.63, 3.8) is 0 Å². The third-order valence-corrected chi connectivity index (χ3v) is 3.19. The highest BCUT2D eigenvalue weighted by Gasteiger charge is 2.14. The van der Waals surface area contributed by atoms with Crippen molar-refractivity contribution in [2.24, 2.45) is 0 Å². The van der Waals surface area contributed by atoms with Crippen LogP contribution in [-0.4, -0.2) is 17.4 Å². The molecule has 0 aliphatic rings. The monoisotopic (exact) mass is 317 g/mol. The molecule has 0 aromatic heterocycles. The summed E-state index contributed by atoms with van der Waals surface area (Å²) in [6, 6.07) is 10.1. The fourth-order valence-electron chi connectivity index (χ4n) is 2.04. The zero-order valence-corrected chi connectivity index (χ0v) is 12.5. The highest BCUT2D eigenvalue weighted by Crippen LogP contribution is 2.25. The maximum absolute atomic E-state index is 13.2. The number of nitro benzene ring substituents is 1. The van der Waals surface area contributed by atoms with Crippen molar-refractivity contribution >= 4 is 17.3 Å². The van der Waals surface area contributed by atoms with Gasteiger partial charge in [-0.2, -0.15) is 0 Å². The summed E-state index contributed by atoms with van der Waals surface area (Å²) in [6.07, 6.45) is 0. The summed E-state index contributed by atoms with van der Waals surface area (Å²) in [6.45, 7) is 2.66. The van der Waals surface area contributed by atoms with Gasteiger partial charge in [-0.15, -0.1) is 0 Å². The molecule has 0 radical (unpaired) electrons. The molecule has 0 bridgehead atoms. The van der Waals surface area contributed by atoms with Gasteiger partial charge in [0.2, 0.25) is 0 Å². The molecule has 2 aromatic carbocycles. The molecule has 0 saturated carbocycles. The summed E-state index contributed by atoms with van der Waals surface area (Å²) in [5.41, 5.74) is 1.28. The normalized spacial score (nSPS) is 10.2. The fourth-order valence-corrected chi connectivity index (χ4v) is 2.04. The maximum Gasteiger partial charge on any atom is 0.292 e. The van der Waals surface area contributed by atoms with E-state index in [4.69, 9.17) is 0 Å². The van der Waals surface area contributed by atoms with Crippen LogP contribution < -0.4 is 10.6 Å². The Hall–Kier alpha value is -2.96. The van der Waals surface area contributed by atoms with Crippen LogP contribution in [0.5, 0.6) is 0 Å². The first kappa shape index (κ1) is 16.4. The van der Waals surface area contributed by atoms with Gasteiger partial charge in [-0.3, -0.25) is 14.9 Å². The number of nitrogens with zero attached hydrogens (tertiary/aromatic N) is 1. The molecule has 0 fully saturated rings. The first-order valence-corrected chi connectivity index (χ1v) is 7.06. The number of halogens is 1. The first-order chi connectivity index (χ1) is 11.0. The standard InChI is InChI=1S/C16H16FN3O3/c1-2-18-16(21)12-5-3-11(4-6-12)10-19-14-9-13(17)7-8-15(14)20(22)23/h3-9,19H,2,10H2,1H3,(H,18,21). The summed E-state index contributed by atoms with van der Waals surface area (Å²) >= 11 is 0. The Morgan fingerprint density at radius 3 is 2.52 bits per heavy atom. The molecule has 2 rings (SSSR count). The topological polar surface area (TPSA) is 84.3 Å². The van der Waals surface area contributed by atoms with E-state index in [-0.39, 0.29) is 23.8 Å². The van der Waals surface area contributed by atoms with E-state index in [1.54, 1.807) is 24.3 Å². The molecular weight excluding hydrogens is 301 g/mol. The number of nitro groups is 1. The molecule has 23 heavy (non-hydrogen) atoms. The lowest BCUT2D eigenvalue weighted by molar-refractivity contribution is -0.384. The van der Waals surface area contributed by atoms with Crippen molar-refractivity contribution in [3.8, 4) is 0 Å². The third kappa shape index (κ3) is 4.26. The van der Waals surface area contributed by atoms with Gasteiger partial charge in [-0.1, -0.05) is 12.1 Å². The van der Waals surface area contributed by atoms with Crippen LogP contribution in [0.4, 0.5) is 15.8 Å². The molecule has 2 N–H and O–H groups in total. The minimum atomic E-state index is -0.569. The minimum absolute atomic E-state index is 0.114. The molecule has 7 heteroatoms. The zero-order valence-electron chi connectivity index (χ0n) is 12.5. The van der Waals surface area contributed by atoms with Crippen molar-refractivity contribution < 1.29 is 14.1 Å². The molecule has 0 saturated heterocycles. The van der Waals surface area contributed by atoms with E-state index in [1.165, 1.54) is 0 Å². The smallest absolute Gasteiger partial charge is 0.292 e. The maximum atomic E-state index is 13.2. The molecule has 2 aromatic rings. The lowest BCUT2D eigenvalue weighted by Gasteiger charge is -2.08. The van der Waals surface area contributed by atoms with Crippen LogP contribution >= 0.6 is 0 Å². The Kier molecular flexibility index (Phi) is 5.24. The van der Waals surface area contributed by atoms with Gasteiger partial charge in [0.15, 0.2) is 0 Å². The van der Waals surface area contributed by atoms with Gasteiger partial charge in [0.05, 0.1) is 4.92 Å². The van der Waals surface area contributed by atoms with E-state index < -0.39 is 10.7 Å². The van der Waals surface area contributed by atoms with Crippen molar-refractivity contribution in [2.45, 2.75) is 13.5 Å². The van der Waals surface area contributed by atoms with Gasteiger partial charge in [0.25, 0.3) is 11.6 Å². The second kappa shape index (κ2) is 7.35. The summed E-state index contributed by atoms with van der Waals surface area (Å²) < 4.78 is 13.2. The van der Waals surface area contributed by atoms with Crippen molar-refractivity contribution in [1.82, 2.24) is 5.32 Å². The number of nitrogens with one attached hydrogen (secondary N) is 2. The second-order valence-corrected chi connectivity index (χ2v) is 4.83. The van der Waals surface area contributed by atoms with E-state index in [0.29, 0.717) is 12.1 Å². The fraction of sp³-hybridized carbons (Fsp3) is 0.188. The van der Waals surface area contributed by atoms with Gasteiger partial charge >= 0.3 is 0 Å². The third-order valence-electron chi connectivity index (χ3n) is 3.19. The van der Waals surface area contributed by atoms with E-state index >= 15 is 0 Å². The average Bonchev–Trinajstić information content (AvgIpc) is 2.53. The quantitative estimate of drug-likeness (QED) is 0.633. The van der Waals surface area contributed by atoms with E-state index in [0.717, 1.165) is 23.8 Å². The summed E-state index contributed by atoms with van der Waals surface area (Å²) in [7, 11) is 0. The van der Waals surface area contributed by atoms with Crippen LogP contribution in [0.2, 0.25) is 0 Å². The molecular formula is C16H16FN3O3. The van der Waals surface area contributed by atoms with Crippen molar-refractivity contribution in [1.29, 1.82) is 0 Å². The number of hydrogen-bond acceptors (Lipinski definition) is 4. The van der Waals surface area contributed by atoms with Gasteiger partial charge in [0.1, 0.15) is 11.5 Å². The predicted molar refractivity (Wildman–Crippen MR) is 84.8 cm³/mol. The SMILES string of the molecule is CCNC(=O)c1ccc(CNc2cc(F)ccc2[N+](=O)[O-])cc1. The molecule has 1 amide bonds. The summed E-state index contributed by atoms with van der Waals surface area (Å²) in [5.74, 6) is -0.711. The molecule has 0 aliphatic heterocycles. The first-order valence-electron chi connectivity index (χ1n) is 7.06. The minimum Gasteiger partial charge on any atom is -0.375 e. The number of hydrogen-bond donors (Lipinski definition) is 2. The molecule has 0 atom stereocenters. The molecule has 0 unspecified atom stereocenters. The Bertz CT molecular complexity index is 717. The number of rotatable bonds is 6. The van der Waals surface area contributed by atoms with Gasteiger partial charge in [-0.25, -0.2) is 4.39 Å². The van der Waals surface area contributed by atoms with E-state index in [2.05, 4.69) is 10.6 Å². The number of anilines is 1. The van der Waals surface area contributed by atoms with Crippen molar-refractivity contribution in [3.05, 3.63) is 69.5 Å². The van der Waals surface area contributed by atoms with Crippen molar-refractivity contribution in [2.75, 3.05) is 11.9 Å². The summed E-state index contributed by atoms with van der Waals surface area (Å²) in [5, 5.41) is 16.5. The zero-order chi connectivity index (χ0) is 16.8. The highest BCUT2D eigenvalue weighted by atomic mass is 19.1. The van der Waals surface area contributed by atoms with Gasteiger partial charge in [-0.05, 0) is 30.7 Å². The molecule has 0 heterocycles. The summed E-state index contributed by atoms with van der Waals surface area (Å²) in [4.78, 5) is 22.0. The highest BCUT2D eigenvalue weighted by molar-refractivity contribution is 5.94. The predicted octanol–water partition coefficient (Wildman–Crippen LogP) is 3.10. The molecule has 6 nitrogen and oxygen atoms in total. The lowest BCUT2D eigenvalue weighted by atomic mass is 10.1. The largest absolute Gasteiger partial charge is 0.375 e. The number of benzene rings is 2. The average molecular weight is 317 g/mol. The molecule has 0 aliphatic carbocycles. The van der Waals surface area contributed by atoms with E-state index in [9.17, 15) is 19.3 Å². The van der Waals surface area contributed by atoms with Crippen LogP contribution in [0.25, 0.3) is 0 Å². The number of carbonyl (C=O) groups is 1. The van der Waals surface area contributed by atoms with E-state index in [1.807, 2.05) is 6.92 Å². The van der Waals surface area contributed by atoms with Crippen LogP contribution in [0.15, 0.2) is 42.5 Å². The number of amides is 1.